The zero-order chi connectivity index (χ0) is 20.3. The summed E-state index contributed by atoms with van der Waals surface area (Å²) in [4.78, 5) is 12.5. The Hall–Kier alpha value is -3.33. The van der Waals surface area contributed by atoms with Crippen LogP contribution in [0.15, 0.2) is 69.3 Å². The maximum Gasteiger partial charge on any atom is 0.277 e. The van der Waals surface area contributed by atoms with Crippen LogP contribution in [0.2, 0.25) is 0 Å². The second kappa shape index (κ2) is 8.19. The molecule has 3 heterocycles. The summed E-state index contributed by atoms with van der Waals surface area (Å²) in [5, 5.41) is 14.3. The molecule has 0 aliphatic carbocycles. The van der Waals surface area contributed by atoms with E-state index in [1.165, 1.54) is 16.8 Å². The number of benzene rings is 2. The van der Waals surface area contributed by atoms with Crippen molar-refractivity contribution in [1.82, 2.24) is 15.2 Å². The van der Waals surface area contributed by atoms with Crippen LogP contribution in [-0.4, -0.2) is 45.7 Å². The molecule has 0 fully saturated rings. The van der Waals surface area contributed by atoms with Crippen LogP contribution in [0.3, 0.4) is 0 Å². The second-order valence-corrected chi connectivity index (χ2v) is 7.67. The van der Waals surface area contributed by atoms with Gasteiger partial charge in [-0.15, -0.1) is 10.2 Å². The molecule has 0 spiro atoms. The molecule has 2 aliphatic rings. The van der Waals surface area contributed by atoms with Crippen LogP contribution in [0, 0.1) is 0 Å². The van der Waals surface area contributed by atoms with E-state index in [9.17, 15) is 4.79 Å². The fraction of sp³-hybridized carbons (Fsp3) is 0.238. The topological polar surface area (TPSA) is 90.0 Å². The molecule has 0 radical (unpaired) electrons. The molecule has 8 nitrogen and oxygen atoms in total. The number of rotatable bonds is 5. The molecule has 2 aliphatic heterocycles. The third-order valence-corrected chi connectivity index (χ3v) is 5.53. The molecule has 30 heavy (non-hydrogen) atoms. The number of carbonyl (C=O) groups is 1. The zero-order valence-electron chi connectivity index (χ0n) is 15.9. The van der Waals surface area contributed by atoms with Crippen molar-refractivity contribution in [2.45, 2.75) is 17.7 Å². The molecule has 0 bridgehead atoms. The molecule has 5 rings (SSSR count). The molecule has 1 amide bonds. The average Bonchev–Trinajstić information content (AvgIpc) is 3.48. The summed E-state index contributed by atoms with van der Waals surface area (Å²) >= 11 is 1.19. The van der Waals surface area contributed by atoms with Gasteiger partial charge in [0.25, 0.3) is 17.0 Å². The minimum Gasteiger partial charge on any atom is -0.485 e. The van der Waals surface area contributed by atoms with Crippen molar-refractivity contribution in [3.05, 3.63) is 66.1 Å². The molecule has 152 valence electrons. The van der Waals surface area contributed by atoms with Crippen LogP contribution in [0.25, 0.3) is 0 Å². The molecule has 3 aromatic rings. The van der Waals surface area contributed by atoms with Crippen molar-refractivity contribution >= 4 is 23.4 Å². The molecular formula is C21H18N4O4S. The number of amides is 1. The largest absolute Gasteiger partial charge is 0.485 e. The van der Waals surface area contributed by atoms with Gasteiger partial charge in [0.2, 0.25) is 6.10 Å². The van der Waals surface area contributed by atoms with E-state index in [-0.39, 0.29) is 18.3 Å². The number of hydrazone groups is 1. The Kier molecular flexibility index (Phi) is 5.10. The van der Waals surface area contributed by atoms with Crippen LogP contribution < -0.4 is 9.47 Å². The SMILES string of the molecule is O=C(CSc1nnc([C@H]2COc3ccccc3O2)o1)N1CCC(c2ccccc2)=N1. The fourth-order valence-electron chi connectivity index (χ4n) is 3.22. The highest BCUT2D eigenvalue weighted by molar-refractivity contribution is 7.99. The molecule has 0 saturated heterocycles. The summed E-state index contributed by atoms with van der Waals surface area (Å²) < 4.78 is 17.2. The van der Waals surface area contributed by atoms with E-state index in [4.69, 9.17) is 13.9 Å². The van der Waals surface area contributed by atoms with E-state index < -0.39 is 6.10 Å². The van der Waals surface area contributed by atoms with Gasteiger partial charge in [-0.3, -0.25) is 4.79 Å². The third kappa shape index (κ3) is 3.88. The predicted octanol–water partition coefficient (Wildman–Crippen LogP) is 3.31. The highest BCUT2D eigenvalue weighted by atomic mass is 32.2. The second-order valence-electron chi connectivity index (χ2n) is 6.74. The summed E-state index contributed by atoms with van der Waals surface area (Å²) in [5.74, 6) is 1.71. The van der Waals surface area contributed by atoms with Gasteiger partial charge in [-0.25, -0.2) is 5.01 Å². The first kappa shape index (κ1) is 18.7. The smallest absolute Gasteiger partial charge is 0.277 e. The summed E-state index contributed by atoms with van der Waals surface area (Å²) in [5.41, 5.74) is 1.96. The third-order valence-electron chi connectivity index (χ3n) is 4.72. The normalized spacial score (nSPS) is 17.7. The lowest BCUT2D eigenvalue weighted by Gasteiger charge is -2.23. The van der Waals surface area contributed by atoms with Gasteiger partial charge < -0.3 is 13.9 Å². The van der Waals surface area contributed by atoms with Gasteiger partial charge in [0, 0.05) is 6.42 Å². The first-order valence-corrected chi connectivity index (χ1v) is 10.5. The molecule has 2 aromatic carbocycles. The lowest BCUT2D eigenvalue weighted by Crippen LogP contribution is -2.25. The number of carbonyl (C=O) groups excluding carboxylic acids is 1. The van der Waals surface area contributed by atoms with Gasteiger partial charge in [0.15, 0.2) is 11.5 Å². The van der Waals surface area contributed by atoms with Crippen LogP contribution in [-0.2, 0) is 4.79 Å². The highest BCUT2D eigenvalue weighted by Crippen LogP contribution is 2.36. The van der Waals surface area contributed by atoms with Crippen molar-refractivity contribution in [1.29, 1.82) is 0 Å². The molecule has 1 atom stereocenters. The minimum atomic E-state index is -0.478. The molecule has 0 saturated carbocycles. The lowest BCUT2D eigenvalue weighted by molar-refractivity contribution is -0.127. The van der Waals surface area contributed by atoms with Gasteiger partial charge in [-0.1, -0.05) is 54.2 Å². The van der Waals surface area contributed by atoms with Crippen molar-refractivity contribution in [3.8, 4) is 11.5 Å². The Labute approximate surface area is 176 Å². The standard InChI is InChI=1S/C21H18N4O4S/c26-19(25-11-10-15(24-25)14-6-2-1-3-7-14)13-30-21-23-22-20(29-21)18-12-27-16-8-4-5-9-17(16)28-18/h1-9,18H,10-13H2/t18-/m1/s1. The summed E-state index contributed by atoms with van der Waals surface area (Å²) in [7, 11) is 0. The number of ether oxygens (including phenoxy) is 2. The Morgan fingerprint density at radius 1 is 1.07 bits per heavy atom. The van der Waals surface area contributed by atoms with Gasteiger partial charge in [0.1, 0.15) is 6.61 Å². The number of nitrogens with zero attached hydrogens (tertiary/aromatic N) is 4. The maximum absolute atomic E-state index is 12.5. The average molecular weight is 422 g/mol. The minimum absolute atomic E-state index is 0.100. The van der Waals surface area contributed by atoms with E-state index in [0.717, 1.165) is 17.7 Å². The van der Waals surface area contributed by atoms with Crippen molar-refractivity contribution in [2.75, 3.05) is 18.9 Å². The Morgan fingerprint density at radius 3 is 2.73 bits per heavy atom. The van der Waals surface area contributed by atoms with Crippen LogP contribution in [0.1, 0.15) is 24.0 Å². The van der Waals surface area contributed by atoms with Crippen molar-refractivity contribution in [3.63, 3.8) is 0 Å². The number of aromatic nitrogens is 2. The van der Waals surface area contributed by atoms with E-state index in [1.807, 2.05) is 54.6 Å². The fourth-order valence-corrected chi connectivity index (χ4v) is 3.86. The van der Waals surface area contributed by atoms with Crippen LogP contribution >= 0.6 is 11.8 Å². The van der Waals surface area contributed by atoms with Crippen molar-refractivity contribution < 1.29 is 18.7 Å². The van der Waals surface area contributed by atoms with Gasteiger partial charge >= 0.3 is 0 Å². The Bertz CT molecular complexity index is 1090. The number of para-hydroxylation sites is 2. The monoisotopic (exact) mass is 422 g/mol. The summed E-state index contributed by atoms with van der Waals surface area (Å²) in [6, 6.07) is 17.3. The van der Waals surface area contributed by atoms with E-state index in [0.29, 0.717) is 29.2 Å². The Balaban J connectivity index is 1.18. The van der Waals surface area contributed by atoms with Gasteiger partial charge in [-0.2, -0.15) is 5.10 Å². The maximum atomic E-state index is 12.5. The van der Waals surface area contributed by atoms with Gasteiger partial charge in [-0.05, 0) is 17.7 Å². The molecule has 0 unspecified atom stereocenters. The zero-order valence-corrected chi connectivity index (χ0v) is 16.7. The number of hydrogen-bond acceptors (Lipinski definition) is 8. The van der Waals surface area contributed by atoms with Crippen molar-refractivity contribution in [2.24, 2.45) is 5.10 Å². The van der Waals surface area contributed by atoms with E-state index in [2.05, 4.69) is 15.3 Å². The molecule has 0 N–H and O–H groups in total. The first-order chi connectivity index (χ1) is 14.8. The molecule has 9 heteroatoms. The highest BCUT2D eigenvalue weighted by Gasteiger charge is 2.28. The lowest BCUT2D eigenvalue weighted by atomic mass is 10.1. The van der Waals surface area contributed by atoms with Gasteiger partial charge in [0.05, 0.1) is 18.0 Å². The summed E-state index contributed by atoms with van der Waals surface area (Å²) in [6.45, 7) is 0.859. The van der Waals surface area contributed by atoms with E-state index in [1.54, 1.807) is 0 Å². The van der Waals surface area contributed by atoms with Crippen LogP contribution in [0.4, 0.5) is 0 Å². The quantitative estimate of drug-likeness (QED) is 0.583. The number of thioether (sulfide) groups is 1. The summed E-state index contributed by atoms with van der Waals surface area (Å²) in [6.07, 6.45) is 0.264. The van der Waals surface area contributed by atoms with Crippen LogP contribution in [0.5, 0.6) is 11.5 Å². The first-order valence-electron chi connectivity index (χ1n) is 9.54. The Morgan fingerprint density at radius 2 is 1.87 bits per heavy atom. The molecular weight excluding hydrogens is 404 g/mol. The predicted molar refractivity (Wildman–Crippen MR) is 110 cm³/mol. The number of hydrogen-bond donors (Lipinski definition) is 0. The molecule has 1 aromatic heterocycles. The number of fused-ring (bicyclic) bond motifs is 1. The van der Waals surface area contributed by atoms with E-state index >= 15 is 0 Å².